The van der Waals surface area contributed by atoms with E-state index in [1.165, 1.54) is 17.3 Å². The van der Waals surface area contributed by atoms with Crippen molar-refractivity contribution in [3.63, 3.8) is 0 Å². The van der Waals surface area contributed by atoms with Crippen molar-refractivity contribution < 1.29 is 9.59 Å². The minimum Gasteiger partial charge on any atom is -0.352 e. The normalized spacial score (nSPS) is 10.4. The van der Waals surface area contributed by atoms with Crippen LogP contribution in [0.2, 0.25) is 0 Å². The molecular formula is C25H27N3O2. The maximum Gasteiger partial charge on any atom is 0.269 e. The number of benzene rings is 2. The summed E-state index contributed by atoms with van der Waals surface area (Å²) in [6.45, 7) is 1.14. The Hall–Kier alpha value is -3.47. The molecule has 0 atom stereocenters. The molecule has 1 heterocycles. The lowest BCUT2D eigenvalue weighted by Gasteiger charge is -2.08. The van der Waals surface area contributed by atoms with E-state index in [2.05, 4.69) is 39.9 Å². The molecule has 5 nitrogen and oxygen atoms in total. The number of aryl methyl sites for hydroxylation is 2. The highest BCUT2D eigenvalue weighted by Gasteiger charge is 2.11. The monoisotopic (exact) mass is 401 g/mol. The number of nitrogens with one attached hydrogen (secondary N) is 2. The summed E-state index contributed by atoms with van der Waals surface area (Å²) in [6.07, 6.45) is 5.01. The molecular weight excluding hydrogens is 374 g/mol. The van der Waals surface area contributed by atoms with Crippen LogP contribution in [-0.2, 0) is 12.8 Å². The molecule has 0 aliphatic rings. The predicted octanol–water partition coefficient (Wildman–Crippen LogP) is 3.81. The molecule has 30 heavy (non-hydrogen) atoms. The Kier molecular flexibility index (Phi) is 8.15. The molecule has 1 aromatic heterocycles. The molecule has 3 aromatic rings. The van der Waals surface area contributed by atoms with Gasteiger partial charge in [0.2, 0.25) is 0 Å². The standard InChI is InChI=1S/C25H27N3O2/c29-24(27-16-7-13-20-9-3-1-4-10-20)22-15-18-26-23(19-22)25(30)28-17-8-14-21-11-5-2-6-12-21/h1-6,9-12,15,18-19H,7-8,13-14,16-17H2,(H,27,29)(H,28,30). The van der Waals surface area contributed by atoms with Gasteiger partial charge in [0.05, 0.1) is 0 Å². The van der Waals surface area contributed by atoms with Gasteiger partial charge in [-0.25, -0.2) is 0 Å². The van der Waals surface area contributed by atoms with Crippen molar-refractivity contribution in [2.24, 2.45) is 0 Å². The van der Waals surface area contributed by atoms with Crippen molar-refractivity contribution in [2.75, 3.05) is 13.1 Å². The summed E-state index contributed by atoms with van der Waals surface area (Å²) in [7, 11) is 0. The molecule has 0 bridgehead atoms. The van der Waals surface area contributed by atoms with E-state index in [0.29, 0.717) is 18.7 Å². The van der Waals surface area contributed by atoms with E-state index in [0.717, 1.165) is 25.7 Å². The molecule has 0 saturated carbocycles. The molecule has 154 valence electrons. The molecule has 0 spiro atoms. The van der Waals surface area contributed by atoms with Crippen LogP contribution < -0.4 is 10.6 Å². The first-order valence-electron chi connectivity index (χ1n) is 10.3. The Bertz CT molecular complexity index is 868. The van der Waals surface area contributed by atoms with Gasteiger partial charge in [-0.15, -0.1) is 0 Å². The van der Waals surface area contributed by atoms with E-state index in [4.69, 9.17) is 0 Å². The van der Waals surface area contributed by atoms with E-state index >= 15 is 0 Å². The number of hydrogen-bond donors (Lipinski definition) is 2. The van der Waals surface area contributed by atoms with Crippen LogP contribution in [0, 0.1) is 0 Å². The summed E-state index contributed by atoms with van der Waals surface area (Å²) in [5.41, 5.74) is 3.20. The topological polar surface area (TPSA) is 71.1 Å². The minimum atomic E-state index is -0.262. The van der Waals surface area contributed by atoms with Gasteiger partial charge < -0.3 is 10.6 Å². The zero-order valence-electron chi connectivity index (χ0n) is 17.0. The second-order valence-corrected chi connectivity index (χ2v) is 7.12. The predicted molar refractivity (Wildman–Crippen MR) is 118 cm³/mol. The fourth-order valence-corrected chi connectivity index (χ4v) is 3.17. The van der Waals surface area contributed by atoms with Crippen LogP contribution >= 0.6 is 0 Å². The second kappa shape index (κ2) is 11.5. The van der Waals surface area contributed by atoms with Gasteiger partial charge in [-0.3, -0.25) is 14.6 Å². The van der Waals surface area contributed by atoms with Gasteiger partial charge in [-0.2, -0.15) is 0 Å². The van der Waals surface area contributed by atoms with Crippen LogP contribution in [0.3, 0.4) is 0 Å². The Balaban J connectivity index is 1.41. The third-order valence-corrected chi connectivity index (χ3v) is 4.80. The van der Waals surface area contributed by atoms with Crippen LogP contribution in [-0.4, -0.2) is 29.9 Å². The average Bonchev–Trinajstić information content (AvgIpc) is 2.81. The lowest BCUT2D eigenvalue weighted by atomic mass is 10.1. The summed E-state index contributed by atoms with van der Waals surface area (Å²) in [4.78, 5) is 28.8. The van der Waals surface area contributed by atoms with Gasteiger partial charge in [0.1, 0.15) is 5.69 Å². The molecule has 5 heteroatoms. The zero-order chi connectivity index (χ0) is 21.0. The van der Waals surface area contributed by atoms with E-state index in [1.54, 1.807) is 12.1 Å². The minimum absolute atomic E-state index is 0.191. The summed E-state index contributed by atoms with van der Waals surface area (Å²) >= 11 is 0. The Morgan fingerprint density at radius 2 is 1.23 bits per heavy atom. The number of carbonyl (C=O) groups excluding carboxylic acids is 2. The number of pyridine rings is 1. The first-order chi connectivity index (χ1) is 14.7. The smallest absolute Gasteiger partial charge is 0.269 e. The molecule has 3 rings (SSSR count). The fraction of sp³-hybridized carbons (Fsp3) is 0.240. The summed E-state index contributed by atoms with van der Waals surface area (Å²) in [6, 6.07) is 23.5. The average molecular weight is 402 g/mol. The van der Waals surface area contributed by atoms with E-state index in [1.807, 2.05) is 36.4 Å². The molecule has 0 radical (unpaired) electrons. The van der Waals surface area contributed by atoms with Gasteiger partial charge in [-0.05, 0) is 48.9 Å². The third kappa shape index (κ3) is 6.85. The highest BCUT2D eigenvalue weighted by molar-refractivity contribution is 5.98. The number of rotatable bonds is 10. The highest BCUT2D eigenvalue weighted by atomic mass is 16.2. The molecule has 0 aliphatic heterocycles. The van der Waals surface area contributed by atoms with E-state index in [-0.39, 0.29) is 17.5 Å². The lowest BCUT2D eigenvalue weighted by molar-refractivity contribution is 0.0948. The summed E-state index contributed by atoms with van der Waals surface area (Å²) in [5, 5.41) is 5.78. The van der Waals surface area contributed by atoms with Crippen LogP contribution in [0.1, 0.15) is 44.8 Å². The van der Waals surface area contributed by atoms with E-state index < -0.39 is 0 Å². The maximum atomic E-state index is 12.4. The summed E-state index contributed by atoms with van der Waals surface area (Å²) < 4.78 is 0. The van der Waals surface area contributed by atoms with Gasteiger partial charge >= 0.3 is 0 Å². The van der Waals surface area contributed by atoms with Gasteiger partial charge in [0, 0.05) is 24.8 Å². The highest BCUT2D eigenvalue weighted by Crippen LogP contribution is 2.05. The van der Waals surface area contributed by atoms with Gasteiger partial charge in [-0.1, -0.05) is 60.7 Å². The quantitative estimate of drug-likeness (QED) is 0.508. The van der Waals surface area contributed by atoms with Crippen molar-refractivity contribution >= 4 is 11.8 Å². The number of aromatic nitrogens is 1. The number of carbonyl (C=O) groups is 2. The van der Waals surface area contributed by atoms with Gasteiger partial charge in [0.15, 0.2) is 0 Å². The Labute approximate surface area is 177 Å². The number of nitrogens with zero attached hydrogens (tertiary/aromatic N) is 1. The van der Waals surface area contributed by atoms with Crippen molar-refractivity contribution in [3.8, 4) is 0 Å². The van der Waals surface area contributed by atoms with Crippen molar-refractivity contribution in [3.05, 3.63) is 101 Å². The zero-order valence-corrected chi connectivity index (χ0v) is 17.0. The fourth-order valence-electron chi connectivity index (χ4n) is 3.17. The Morgan fingerprint density at radius 3 is 1.80 bits per heavy atom. The van der Waals surface area contributed by atoms with Crippen LogP contribution in [0.15, 0.2) is 79.0 Å². The third-order valence-electron chi connectivity index (χ3n) is 4.80. The van der Waals surface area contributed by atoms with Crippen LogP contribution in [0.25, 0.3) is 0 Å². The molecule has 0 aliphatic carbocycles. The summed E-state index contributed by atoms with van der Waals surface area (Å²) in [5.74, 6) is -0.453. The SMILES string of the molecule is O=C(NCCCc1ccccc1)c1ccnc(C(=O)NCCCc2ccccc2)c1. The second-order valence-electron chi connectivity index (χ2n) is 7.12. The maximum absolute atomic E-state index is 12.4. The van der Waals surface area contributed by atoms with E-state index in [9.17, 15) is 9.59 Å². The van der Waals surface area contributed by atoms with Crippen molar-refractivity contribution in [1.29, 1.82) is 0 Å². The largest absolute Gasteiger partial charge is 0.352 e. The molecule has 2 N–H and O–H groups in total. The first-order valence-corrected chi connectivity index (χ1v) is 10.3. The first kappa shape index (κ1) is 21.2. The molecule has 2 aromatic carbocycles. The van der Waals surface area contributed by atoms with Crippen molar-refractivity contribution in [1.82, 2.24) is 15.6 Å². The van der Waals surface area contributed by atoms with Crippen molar-refractivity contribution in [2.45, 2.75) is 25.7 Å². The molecule has 0 fully saturated rings. The molecule has 2 amide bonds. The van der Waals surface area contributed by atoms with Crippen LogP contribution in [0.4, 0.5) is 0 Å². The number of amides is 2. The molecule has 0 unspecified atom stereocenters. The number of hydrogen-bond acceptors (Lipinski definition) is 3. The van der Waals surface area contributed by atoms with Crippen LogP contribution in [0.5, 0.6) is 0 Å². The van der Waals surface area contributed by atoms with Gasteiger partial charge in [0.25, 0.3) is 11.8 Å². The molecule has 0 saturated heterocycles. The Morgan fingerprint density at radius 1 is 0.700 bits per heavy atom. The lowest BCUT2D eigenvalue weighted by Crippen LogP contribution is -2.28.